The maximum Gasteiger partial charge on any atom is 0.191 e. The van der Waals surface area contributed by atoms with Gasteiger partial charge in [-0.2, -0.15) is 0 Å². The molecule has 0 saturated carbocycles. The molecule has 4 rings (SSSR count). The minimum atomic E-state index is 0. The first kappa shape index (κ1) is 25.1. The lowest BCUT2D eigenvalue weighted by molar-refractivity contribution is 0.0341. The van der Waals surface area contributed by atoms with Crippen LogP contribution < -0.4 is 10.6 Å². The molecule has 0 unspecified atom stereocenters. The highest BCUT2D eigenvalue weighted by atomic mass is 127. The Bertz CT molecular complexity index is 986. The number of guanidine groups is 1. The average molecular weight is 561 g/mol. The Morgan fingerprint density at radius 2 is 1.91 bits per heavy atom. The number of imidazole rings is 1. The van der Waals surface area contributed by atoms with Gasteiger partial charge in [0.2, 0.25) is 0 Å². The second-order valence-corrected chi connectivity index (χ2v) is 7.70. The van der Waals surface area contributed by atoms with E-state index < -0.39 is 0 Å². The zero-order chi connectivity index (χ0) is 22.0. The van der Waals surface area contributed by atoms with E-state index >= 15 is 0 Å². The first-order valence-corrected chi connectivity index (χ1v) is 11.1. The van der Waals surface area contributed by atoms with Crippen LogP contribution in [0.1, 0.15) is 23.6 Å². The van der Waals surface area contributed by atoms with E-state index in [9.17, 15) is 0 Å². The van der Waals surface area contributed by atoms with Crippen molar-refractivity contribution in [2.24, 2.45) is 4.99 Å². The molecule has 33 heavy (non-hydrogen) atoms. The average Bonchev–Trinajstić information content (AvgIpc) is 3.38. The number of aromatic nitrogens is 3. The minimum absolute atomic E-state index is 0. The number of morpholine rings is 1. The third-order valence-electron chi connectivity index (χ3n) is 5.40. The molecule has 176 valence electrons. The molecule has 3 heterocycles. The van der Waals surface area contributed by atoms with Crippen LogP contribution in [0.4, 0.5) is 0 Å². The topological polar surface area (TPSA) is 79.6 Å². The number of nitrogens with zero attached hydrogens (tertiary/aromatic N) is 5. The molecular formula is C24H32IN7O. The quantitative estimate of drug-likeness (QED) is 0.250. The Morgan fingerprint density at radius 1 is 1.09 bits per heavy atom. The second-order valence-electron chi connectivity index (χ2n) is 7.70. The van der Waals surface area contributed by atoms with Crippen molar-refractivity contribution in [3.63, 3.8) is 0 Å². The number of aliphatic imine (C=N–C) groups is 1. The second kappa shape index (κ2) is 13.3. The number of pyridine rings is 1. The van der Waals surface area contributed by atoms with Crippen LogP contribution in [0.5, 0.6) is 0 Å². The Labute approximate surface area is 212 Å². The lowest BCUT2D eigenvalue weighted by Crippen LogP contribution is -2.38. The smallest absolute Gasteiger partial charge is 0.191 e. The van der Waals surface area contributed by atoms with Crippen molar-refractivity contribution in [3.8, 4) is 5.82 Å². The summed E-state index contributed by atoms with van der Waals surface area (Å²) in [7, 11) is 0. The summed E-state index contributed by atoms with van der Waals surface area (Å²) in [5.74, 6) is 1.64. The molecule has 0 spiro atoms. The largest absolute Gasteiger partial charge is 0.379 e. The van der Waals surface area contributed by atoms with Crippen molar-refractivity contribution < 1.29 is 4.74 Å². The monoisotopic (exact) mass is 561 g/mol. The molecule has 1 aromatic carbocycles. The Balaban J connectivity index is 0.00000306. The van der Waals surface area contributed by atoms with Crippen LogP contribution >= 0.6 is 24.0 Å². The number of hydrogen-bond acceptors (Lipinski definition) is 5. The molecule has 1 saturated heterocycles. The summed E-state index contributed by atoms with van der Waals surface area (Å²) in [6.45, 7) is 8.71. The SMILES string of the molecule is CCNC(=NCc1ccc(-n2ccnc2)nc1)NCc1ccccc1CN1CCOCC1.I. The van der Waals surface area contributed by atoms with Gasteiger partial charge in [-0.3, -0.25) is 9.47 Å². The first-order valence-electron chi connectivity index (χ1n) is 11.1. The summed E-state index contributed by atoms with van der Waals surface area (Å²) in [5.41, 5.74) is 3.69. The van der Waals surface area contributed by atoms with Crippen LogP contribution in [0, 0.1) is 0 Å². The van der Waals surface area contributed by atoms with E-state index in [0.29, 0.717) is 6.54 Å². The Morgan fingerprint density at radius 3 is 2.61 bits per heavy atom. The van der Waals surface area contributed by atoms with Gasteiger partial charge in [0, 0.05) is 51.3 Å². The highest BCUT2D eigenvalue weighted by molar-refractivity contribution is 14.0. The zero-order valence-corrected chi connectivity index (χ0v) is 21.3. The molecule has 0 bridgehead atoms. The van der Waals surface area contributed by atoms with Gasteiger partial charge in [0.15, 0.2) is 5.96 Å². The maximum absolute atomic E-state index is 5.48. The van der Waals surface area contributed by atoms with Crippen molar-refractivity contribution in [2.75, 3.05) is 32.8 Å². The number of halogens is 1. The van der Waals surface area contributed by atoms with Gasteiger partial charge in [-0.1, -0.05) is 30.3 Å². The number of nitrogens with one attached hydrogen (secondary N) is 2. The highest BCUT2D eigenvalue weighted by Gasteiger charge is 2.12. The molecule has 9 heteroatoms. The Hall–Kier alpha value is -2.50. The molecule has 2 aromatic heterocycles. The molecule has 0 atom stereocenters. The summed E-state index contributed by atoms with van der Waals surface area (Å²) in [6, 6.07) is 12.6. The predicted molar refractivity (Wildman–Crippen MR) is 141 cm³/mol. The summed E-state index contributed by atoms with van der Waals surface area (Å²) in [4.78, 5) is 15.8. The molecule has 1 fully saturated rings. The molecule has 1 aliphatic heterocycles. The zero-order valence-electron chi connectivity index (χ0n) is 19.0. The van der Waals surface area contributed by atoms with Gasteiger partial charge in [0.25, 0.3) is 0 Å². The molecule has 0 aliphatic carbocycles. The first-order chi connectivity index (χ1) is 15.8. The third kappa shape index (κ3) is 7.51. The summed E-state index contributed by atoms with van der Waals surface area (Å²) in [6.07, 6.45) is 7.22. The van der Waals surface area contributed by atoms with Gasteiger partial charge < -0.3 is 15.4 Å². The van der Waals surface area contributed by atoms with Gasteiger partial charge >= 0.3 is 0 Å². The molecular weight excluding hydrogens is 529 g/mol. The van der Waals surface area contributed by atoms with Crippen molar-refractivity contribution in [1.82, 2.24) is 30.1 Å². The fourth-order valence-corrected chi connectivity index (χ4v) is 3.63. The summed E-state index contributed by atoms with van der Waals surface area (Å²) >= 11 is 0. The molecule has 3 aromatic rings. The van der Waals surface area contributed by atoms with Crippen LogP contribution in [-0.4, -0.2) is 58.2 Å². The van der Waals surface area contributed by atoms with Crippen molar-refractivity contribution in [2.45, 2.75) is 26.6 Å². The maximum atomic E-state index is 5.48. The third-order valence-corrected chi connectivity index (χ3v) is 5.40. The number of hydrogen-bond donors (Lipinski definition) is 2. The molecule has 2 N–H and O–H groups in total. The van der Waals surface area contributed by atoms with Gasteiger partial charge in [-0.15, -0.1) is 24.0 Å². The van der Waals surface area contributed by atoms with E-state index in [-0.39, 0.29) is 24.0 Å². The number of ether oxygens (including phenoxy) is 1. The van der Waals surface area contributed by atoms with Crippen LogP contribution in [0.15, 0.2) is 66.3 Å². The lowest BCUT2D eigenvalue weighted by atomic mass is 10.1. The van der Waals surface area contributed by atoms with Gasteiger partial charge in [0.1, 0.15) is 12.1 Å². The predicted octanol–water partition coefficient (Wildman–Crippen LogP) is 2.97. The van der Waals surface area contributed by atoms with E-state index in [1.807, 2.05) is 29.1 Å². The normalized spacial score (nSPS) is 14.5. The van der Waals surface area contributed by atoms with Crippen LogP contribution in [-0.2, 0) is 24.4 Å². The number of rotatable bonds is 8. The minimum Gasteiger partial charge on any atom is -0.379 e. The molecule has 8 nitrogen and oxygen atoms in total. The highest BCUT2D eigenvalue weighted by Crippen LogP contribution is 2.13. The van der Waals surface area contributed by atoms with Gasteiger partial charge in [-0.25, -0.2) is 15.0 Å². The van der Waals surface area contributed by atoms with Crippen LogP contribution in [0.25, 0.3) is 5.82 Å². The fourth-order valence-electron chi connectivity index (χ4n) is 3.63. The van der Waals surface area contributed by atoms with Crippen LogP contribution in [0.3, 0.4) is 0 Å². The van der Waals surface area contributed by atoms with E-state index in [0.717, 1.165) is 63.3 Å². The summed E-state index contributed by atoms with van der Waals surface area (Å²) in [5, 5.41) is 6.82. The molecule has 0 radical (unpaired) electrons. The van der Waals surface area contributed by atoms with E-state index in [1.54, 1.807) is 12.5 Å². The summed E-state index contributed by atoms with van der Waals surface area (Å²) < 4.78 is 7.36. The standard InChI is InChI=1S/C24H31N7O.HI/c1-2-26-24(28-16-20-7-8-23(27-15-20)31-10-9-25-19-31)29-17-21-5-3-4-6-22(21)18-30-11-13-32-14-12-30;/h3-10,15,19H,2,11-14,16-18H2,1H3,(H2,26,28,29);1H. The van der Waals surface area contributed by atoms with Gasteiger partial charge in [0.05, 0.1) is 19.8 Å². The van der Waals surface area contributed by atoms with E-state index in [2.05, 4.69) is 56.7 Å². The number of benzene rings is 1. The lowest BCUT2D eigenvalue weighted by Gasteiger charge is -2.27. The van der Waals surface area contributed by atoms with Crippen molar-refractivity contribution >= 4 is 29.9 Å². The molecule has 0 amide bonds. The van der Waals surface area contributed by atoms with E-state index in [1.165, 1.54) is 11.1 Å². The fraction of sp³-hybridized carbons (Fsp3) is 0.375. The van der Waals surface area contributed by atoms with Crippen LogP contribution in [0.2, 0.25) is 0 Å². The van der Waals surface area contributed by atoms with Crippen molar-refractivity contribution in [3.05, 3.63) is 78.0 Å². The van der Waals surface area contributed by atoms with Crippen molar-refractivity contribution in [1.29, 1.82) is 0 Å². The van der Waals surface area contributed by atoms with E-state index in [4.69, 9.17) is 9.73 Å². The Kier molecular flexibility index (Phi) is 10.1. The van der Waals surface area contributed by atoms with Gasteiger partial charge in [-0.05, 0) is 29.7 Å². The molecule has 1 aliphatic rings.